The molecule has 1 aromatic heterocycles. The fraction of sp³-hybridized carbons (Fsp3) is 0.387. The van der Waals surface area contributed by atoms with Crippen molar-refractivity contribution in [3.05, 3.63) is 71.4 Å². The van der Waals surface area contributed by atoms with Crippen molar-refractivity contribution in [2.45, 2.75) is 51.9 Å². The van der Waals surface area contributed by atoms with E-state index in [1.165, 1.54) is 4.90 Å². The van der Waals surface area contributed by atoms with Crippen molar-refractivity contribution in [1.82, 2.24) is 20.7 Å². The molecule has 15 heteroatoms. The van der Waals surface area contributed by atoms with Gasteiger partial charge in [0.15, 0.2) is 0 Å². The summed E-state index contributed by atoms with van der Waals surface area (Å²) in [6.45, 7) is 6.83. The fourth-order valence-electron chi connectivity index (χ4n) is 4.69. The number of likely N-dealkylation sites (tertiary alicyclic amines) is 1. The summed E-state index contributed by atoms with van der Waals surface area (Å²) in [5.74, 6) is -3.04. The molecule has 0 bridgehead atoms. The zero-order valence-corrected chi connectivity index (χ0v) is 25.4. The average Bonchev–Trinajstić information content (AvgIpc) is 3.41. The van der Waals surface area contributed by atoms with Crippen LogP contribution in [0.1, 0.15) is 48.3 Å². The average molecular weight is 649 g/mol. The number of alkyl halides is 3. The van der Waals surface area contributed by atoms with Gasteiger partial charge in [0.1, 0.15) is 12.4 Å². The summed E-state index contributed by atoms with van der Waals surface area (Å²) in [5.41, 5.74) is 3.77. The summed E-state index contributed by atoms with van der Waals surface area (Å²) in [4.78, 5) is 52.6. The third kappa shape index (κ3) is 10.1. The van der Waals surface area contributed by atoms with Gasteiger partial charge in [0.2, 0.25) is 5.91 Å². The van der Waals surface area contributed by atoms with E-state index in [0.717, 1.165) is 22.2 Å². The summed E-state index contributed by atoms with van der Waals surface area (Å²) in [7, 11) is 0. The maximum atomic E-state index is 13.2. The molecule has 248 valence electrons. The van der Waals surface area contributed by atoms with Gasteiger partial charge in [-0.2, -0.15) is 13.2 Å². The highest BCUT2D eigenvalue weighted by atomic mass is 19.4. The van der Waals surface area contributed by atoms with E-state index in [2.05, 4.69) is 10.3 Å². The number of hydrogen-bond donors (Lipinski definition) is 4. The number of carboxylic acid groups (broad SMARTS) is 1. The van der Waals surface area contributed by atoms with E-state index >= 15 is 0 Å². The van der Waals surface area contributed by atoms with Crippen LogP contribution in [0, 0.1) is 12.8 Å². The van der Waals surface area contributed by atoms with Crippen molar-refractivity contribution >= 4 is 34.8 Å². The van der Waals surface area contributed by atoms with Crippen LogP contribution >= 0.6 is 0 Å². The van der Waals surface area contributed by atoms with E-state index in [4.69, 9.17) is 24.6 Å². The molecule has 1 unspecified atom stereocenters. The number of aromatic nitrogens is 1. The van der Waals surface area contributed by atoms with Gasteiger partial charge in [-0.25, -0.2) is 15.1 Å². The smallest absolute Gasteiger partial charge is 0.489 e. The van der Waals surface area contributed by atoms with E-state index in [-0.39, 0.29) is 25.5 Å². The fourth-order valence-corrected chi connectivity index (χ4v) is 4.69. The molecule has 0 radical (unpaired) electrons. The Labute approximate surface area is 262 Å². The zero-order valence-electron chi connectivity index (χ0n) is 25.4. The van der Waals surface area contributed by atoms with Crippen molar-refractivity contribution < 1.29 is 52.1 Å². The van der Waals surface area contributed by atoms with E-state index in [9.17, 15) is 27.6 Å². The van der Waals surface area contributed by atoms with Crippen molar-refractivity contribution in [2.75, 3.05) is 19.7 Å². The largest absolute Gasteiger partial charge is 0.490 e. The molecule has 1 aliphatic heterocycles. The Morgan fingerprint density at radius 2 is 1.74 bits per heavy atom. The second-order valence-electron chi connectivity index (χ2n) is 11.1. The van der Waals surface area contributed by atoms with Crippen LogP contribution in [0.25, 0.3) is 10.9 Å². The molecule has 0 saturated carbocycles. The van der Waals surface area contributed by atoms with Gasteiger partial charge in [-0.1, -0.05) is 32.0 Å². The molecule has 46 heavy (non-hydrogen) atoms. The van der Waals surface area contributed by atoms with Gasteiger partial charge in [-0.05, 0) is 55.7 Å². The molecule has 0 spiro atoms. The minimum atomic E-state index is -5.08. The van der Waals surface area contributed by atoms with E-state index in [0.29, 0.717) is 30.9 Å². The number of halogens is 3. The van der Waals surface area contributed by atoms with Crippen LogP contribution in [0.4, 0.5) is 18.0 Å². The second kappa shape index (κ2) is 15.4. The Morgan fingerprint density at radius 3 is 2.35 bits per heavy atom. The predicted octanol–water partition coefficient (Wildman–Crippen LogP) is 4.62. The number of hydrogen-bond acceptors (Lipinski definition) is 8. The number of nitrogens with one attached hydrogen (secondary N) is 2. The van der Waals surface area contributed by atoms with E-state index in [1.54, 1.807) is 29.7 Å². The molecule has 1 saturated heterocycles. The second-order valence-corrected chi connectivity index (χ2v) is 11.1. The number of ether oxygens (including phenoxy) is 2. The van der Waals surface area contributed by atoms with Crippen LogP contribution in [0.2, 0.25) is 0 Å². The minimum Gasteiger partial charge on any atom is -0.489 e. The highest BCUT2D eigenvalue weighted by Gasteiger charge is 2.43. The number of aryl methyl sites for hydroxylation is 1. The molecule has 1 aliphatic rings. The molecule has 4 N–H and O–H groups in total. The zero-order chi connectivity index (χ0) is 34.1. The van der Waals surface area contributed by atoms with Crippen molar-refractivity contribution in [3.63, 3.8) is 0 Å². The van der Waals surface area contributed by atoms with Gasteiger partial charge in [-0.3, -0.25) is 19.8 Å². The van der Waals surface area contributed by atoms with Gasteiger partial charge in [-0.15, -0.1) is 0 Å². The van der Waals surface area contributed by atoms with Gasteiger partial charge >= 0.3 is 18.2 Å². The maximum absolute atomic E-state index is 13.2. The van der Waals surface area contributed by atoms with Gasteiger partial charge < -0.3 is 24.8 Å². The number of carbonyl (C=O) groups excluding carboxylic acids is 3. The first-order valence-corrected chi connectivity index (χ1v) is 14.2. The summed E-state index contributed by atoms with van der Waals surface area (Å²) < 4.78 is 43.0. The highest BCUT2D eigenvalue weighted by Crippen LogP contribution is 2.27. The SMILES string of the molecule is Cc1cc(COc2ccc(C(=O)NC3(CC(=O)NO)CCN(C(=O)OCC(C)C)C3)cc2)c2ccccc2n1.O=C(O)C(F)(F)F. The first-order valence-electron chi connectivity index (χ1n) is 14.2. The van der Waals surface area contributed by atoms with Crippen molar-refractivity contribution in [2.24, 2.45) is 5.92 Å². The lowest BCUT2D eigenvalue weighted by molar-refractivity contribution is -0.192. The number of hydroxylamine groups is 1. The number of carbonyl (C=O) groups is 4. The number of carboxylic acids is 1. The molecular formula is C31H35F3N4O8. The Bertz CT molecular complexity index is 1550. The summed E-state index contributed by atoms with van der Waals surface area (Å²) in [6, 6.07) is 16.6. The molecule has 3 amide bonds. The number of benzene rings is 2. The normalized spacial score (nSPS) is 16.0. The van der Waals surface area contributed by atoms with Crippen LogP contribution in [0.3, 0.4) is 0 Å². The Kier molecular flexibility index (Phi) is 11.9. The number of rotatable bonds is 9. The number of fused-ring (bicyclic) bond motifs is 1. The van der Waals surface area contributed by atoms with Crippen molar-refractivity contribution in [3.8, 4) is 5.75 Å². The number of aliphatic carboxylic acids is 1. The molecule has 4 rings (SSSR count). The molecule has 3 aromatic rings. The van der Waals surface area contributed by atoms with Gasteiger partial charge in [0, 0.05) is 35.3 Å². The first kappa shape index (κ1) is 35.6. The highest BCUT2D eigenvalue weighted by molar-refractivity contribution is 5.95. The van der Waals surface area contributed by atoms with Crippen molar-refractivity contribution in [1.29, 1.82) is 0 Å². The Balaban J connectivity index is 0.000000738. The first-order chi connectivity index (χ1) is 21.6. The van der Waals surface area contributed by atoms with Crippen LogP contribution in [-0.2, 0) is 20.9 Å². The third-order valence-electron chi connectivity index (χ3n) is 6.84. The number of pyridine rings is 1. The minimum absolute atomic E-state index is 0.0869. The van der Waals surface area contributed by atoms with Gasteiger partial charge in [0.25, 0.3) is 5.91 Å². The van der Waals surface area contributed by atoms with Crippen LogP contribution in [0.15, 0.2) is 54.6 Å². The molecule has 1 fully saturated rings. The lowest BCUT2D eigenvalue weighted by Crippen LogP contribution is -2.53. The molecule has 2 heterocycles. The lowest BCUT2D eigenvalue weighted by atomic mass is 9.93. The Morgan fingerprint density at radius 1 is 1.09 bits per heavy atom. The number of nitrogens with zero attached hydrogens (tertiary/aromatic N) is 2. The molecule has 2 aromatic carbocycles. The quantitative estimate of drug-likeness (QED) is 0.191. The van der Waals surface area contributed by atoms with E-state index < -0.39 is 35.6 Å². The van der Waals surface area contributed by atoms with Crippen LogP contribution in [0.5, 0.6) is 5.75 Å². The van der Waals surface area contributed by atoms with Crippen LogP contribution in [-0.4, -0.2) is 75.5 Å². The lowest BCUT2D eigenvalue weighted by Gasteiger charge is -2.29. The Hall–Kier alpha value is -4.92. The van der Waals surface area contributed by atoms with Gasteiger partial charge in [0.05, 0.1) is 24.1 Å². The molecule has 12 nitrogen and oxygen atoms in total. The van der Waals surface area contributed by atoms with Crippen LogP contribution < -0.4 is 15.5 Å². The summed E-state index contributed by atoms with van der Waals surface area (Å²) in [5, 5.41) is 20.2. The molecular weight excluding hydrogens is 613 g/mol. The monoisotopic (exact) mass is 648 g/mol. The predicted molar refractivity (Wildman–Crippen MR) is 158 cm³/mol. The number of amides is 3. The third-order valence-corrected chi connectivity index (χ3v) is 6.84. The topological polar surface area (TPSA) is 167 Å². The molecule has 1 atom stereocenters. The maximum Gasteiger partial charge on any atom is 0.490 e. The standard InChI is InChI=1S/C29H34N4O6.C2HF3O2/c1-19(2)16-39-28(36)33-13-12-29(18-33,15-26(34)32-37)31-27(35)21-8-10-23(11-9-21)38-17-22-14-20(3)30-25-7-5-4-6-24(22)25;3-2(4,5)1(6)7/h4-11,14,19,37H,12-13,15-18H2,1-3H3,(H,31,35)(H,32,34);(H,6,7). The summed E-state index contributed by atoms with van der Waals surface area (Å²) in [6.07, 6.45) is -5.43. The number of para-hydroxylation sites is 1. The summed E-state index contributed by atoms with van der Waals surface area (Å²) >= 11 is 0. The van der Waals surface area contributed by atoms with E-state index in [1.807, 2.05) is 51.1 Å². The molecule has 0 aliphatic carbocycles.